The van der Waals surface area contributed by atoms with E-state index in [1.807, 2.05) is 0 Å². The molecule has 0 atom stereocenters. The van der Waals surface area contributed by atoms with Crippen molar-refractivity contribution in [3.8, 4) is 0 Å². The fourth-order valence-corrected chi connectivity index (χ4v) is 1.16. The lowest BCUT2D eigenvalue weighted by atomic mass is 9.79. The van der Waals surface area contributed by atoms with E-state index in [1.54, 1.807) is 0 Å². The second-order valence-corrected chi connectivity index (χ2v) is 2.96. The highest BCUT2D eigenvalue weighted by atomic mass is 16.6. The van der Waals surface area contributed by atoms with Crippen molar-refractivity contribution >= 4 is 24.1 Å². The Bertz CT molecular complexity index is 417. The molecule has 0 unspecified atom stereocenters. The van der Waals surface area contributed by atoms with Crippen LogP contribution >= 0.6 is 0 Å². The first-order chi connectivity index (χ1) is 6.93. The van der Waals surface area contributed by atoms with Crippen LogP contribution in [0, 0.1) is 10.1 Å². The summed E-state index contributed by atoms with van der Waals surface area (Å²) < 4.78 is 0. The number of hydrogen-bond donors (Lipinski definition) is 2. The zero-order valence-electron chi connectivity index (χ0n) is 7.88. The van der Waals surface area contributed by atoms with Crippen LogP contribution in [0.15, 0.2) is 18.2 Å². The van der Waals surface area contributed by atoms with Crippen molar-refractivity contribution in [3.05, 3.63) is 33.9 Å². The molecule has 2 N–H and O–H groups in total. The molecule has 0 aliphatic heterocycles. The molecule has 1 rings (SSSR count). The number of nitro groups is 1. The largest absolute Gasteiger partial charge is 0.488 e. The topological polar surface area (TPSA) is 101 Å². The third-order valence-electron chi connectivity index (χ3n) is 1.90. The fraction of sp³-hybridized carbons (Fsp3) is 0.125. The number of hydrogen-bond acceptors (Lipinski definition) is 5. The van der Waals surface area contributed by atoms with Crippen LogP contribution in [-0.4, -0.2) is 27.9 Å². The highest BCUT2D eigenvalue weighted by Crippen LogP contribution is 2.16. The zero-order chi connectivity index (χ0) is 11.6. The van der Waals surface area contributed by atoms with Crippen LogP contribution in [0.1, 0.15) is 17.3 Å². The molecule has 15 heavy (non-hydrogen) atoms. The van der Waals surface area contributed by atoms with Gasteiger partial charge in [-0.15, -0.1) is 0 Å². The minimum absolute atomic E-state index is 0.0216. The average molecular weight is 209 g/mol. The number of ketones is 1. The van der Waals surface area contributed by atoms with E-state index in [9.17, 15) is 14.9 Å². The van der Waals surface area contributed by atoms with E-state index in [4.69, 9.17) is 10.0 Å². The summed E-state index contributed by atoms with van der Waals surface area (Å²) in [7, 11) is -1.79. The molecule has 0 heterocycles. The Morgan fingerprint density at radius 3 is 2.47 bits per heavy atom. The molecule has 0 bridgehead atoms. The number of Topliss-reactive ketones (excluding diaryl/α,β-unsaturated/α-hetero) is 1. The maximum Gasteiger partial charge on any atom is 0.488 e. The monoisotopic (exact) mass is 209 g/mol. The van der Waals surface area contributed by atoms with Crippen molar-refractivity contribution in [3.63, 3.8) is 0 Å². The predicted octanol–water partition coefficient (Wildman–Crippen LogP) is -0.523. The first-order valence-corrected chi connectivity index (χ1v) is 4.09. The SMILES string of the molecule is CC(=O)c1ccc(B(O)O)cc1[N+](=O)[O-]. The summed E-state index contributed by atoms with van der Waals surface area (Å²) in [6.45, 7) is 1.21. The second kappa shape index (κ2) is 4.20. The molecule has 0 saturated carbocycles. The van der Waals surface area contributed by atoms with Gasteiger partial charge in [-0.3, -0.25) is 14.9 Å². The molecule has 0 aliphatic rings. The van der Waals surface area contributed by atoms with Gasteiger partial charge >= 0.3 is 7.12 Å². The maximum atomic E-state index is 11.0. The van der Waals surface area contributed by atoms with Crippen molar-refractivity contribution in [1.29, 1.82) is 0 Å². The zero-order valence-corrected chi connectivity index (χ0v) is 7.88. The second-order valence-electron chi connectivity index (χ2n) is 2.96. The van der Waals surface area contributed by atoms with Crippen LogP contribution in [0.3, 0.4) is 0 Å². The lowest BCUT2D eigenvalue weighted by Crippen LogP contribution is -2.30. The standard InChI is InChI=1S/C8H8BNO5/c1-5(11)7-3-2-6(9(12)13)4-8(7)10(14)15/h2-4,12-13H,1H3. The van der Waals surface area contributed by atoms with Crippen molar-refractivity contribution in [2.45, 2.75) is 6.92 Å². The van der Waals surface area contributed by atoms with Crippen molar-refractivity contribution < 1.29 is 19.8 Å². The van der Waals surface area contributed by atoms with Gasteiger partial charge in [0.05, 0.1) is 10.5 Å². The van der Waals surface area contributed by atoms with Crippen molar-refractivity contribution in [2.75, 3.05) is 0 Å². The van der Waals surface area contributed by atoms with E-state index in [0.29, 0.717) is 0 Å². The van der Waals surface area contributed by atoms with Crippen LogP contribution in [0.25, 0.3) is 0 Å². The van der Waals surface area contributed by atoms with Gasteiger partial charge in [0.25, 0.3) is 5.69 Å². The minimum Gasteiger partial charge on any atom is -0.423 e. The van der Waals surface area contributed by atoms with E-state index in [0.717, 1.165) is 6.07 Å². The van der Waals surface area contributed by atoms with Crippen LogP contribution < -0.4 is 5.46 Å². The van der Waals surface area contributed by atoms with Gasteiger partial charge in [0.2, 0.25) is 0 Å². The number of carbonyl (C=O) groups is 1. The van der Waals surface area contributed by atoms with Crippen molar-refractivity contribution in [2.24, 2.45) is 0 Å². The third kappa shape index (κ3) is 2.39. The van der Waals surface area contributed by atoms with Crippen molar-refractivity contribution in [1.82, 2.24) is 0 Å². The van der Waals surface area contributed by atoms with Crippen LogP contribution in [0.2, 0.25) is 0 Å². The van der Waals surface area contributed by atoms with Gasteiger partial charge in [-0.05, 0) is 18.5 Å². The Balaban J connectivity index is 3.33. The van der Waals surface area contributed by atoms with E-state index in [-0.39, 0.29) is 11.0 Å². The normalized spacial score (nSPS) is 9.80. The predicted molar refractivity (Wildman–Crippen MR) is 52.9 cm³/mol. The molecule has 0 amide bonds. The van der Waals surface area contributed by atoms with E-state index in [1.165, 1.54) is 19.1 Å². The lowest BCUT2D eigenvalue weighted by Gasteiger charge is -2.02. The van der Waals surface area contributed by atoms with Gasteiger partial charge in [-0.25, -0.2) is 0 Å². The number of nitrogens with zero attached hydrogens (tertiary/aromatic N) is 1. The van der Waals surface area contributed by atoms with Crippen LogP contribution in [0.4, 0.5) is 5.69 Å². The number of carbonyl (C=O) groups excluding carboxylic acids is 1. The quantitative estimate of drug-likeness (QED) is 0.301. The Kier molecular flexibility index (Phi) is 3.18. The number of nitro benzene ring substituents is 1. The summed E-state index contributed by atoms with van der Waals surface area (Å²) in [6.07, 6.45) is 0. The fourth-order valence-electron chi connectivity index (χ4n) is 1.16. The lowest BCUT2D eigenvalue weighted by molar-refractivity contribution is -0.385. The van der Waals surface area contributed by atoms with Gasteiger partial charge < -0.3 is 10.0 Å². The smallest absolute Gasteiger partial charge is 0.423 e. The van der Waals surface area contributed by atoms with Gasteiger partial charge in [0.15, 0.2) is 5.78 Å². The minimum atomic E-state index is -1.79. The number of benzene rings is 1. The average Bonchev–Trinajstić information content (AvgIpc) is 2.16. The Hall–Kier alpha value is -1.73. The number of rotatable bonds is 3. The highest BCUT2D eigenvalue weighted by Gasteiger charge is 2.21. The molecule has 0 aliphatic carbocycles. The first kappa shape index (κ1) is 11.4. The molecule has 0 fully saturated rings. The Labute approximate surface area is 85.5 Å². The summed E-state index contributed by atoms with van der Waals surface area (Å²) in [5, 5.41) is 28.2. The maximum absolute atomic E-state index is 11.0. The highest BCUT2D eigenvalue weighted by molar-refractivity contribution is 6.58. The molecule has 1 aromatic rings. The summed E-state index contributed by atoms with van der Waals surface area (Å²) >= 11 is 0. The van der Waals surface area contributed by atoms with Crippen LogP contribution in [-0.2, 0) is 0 Å². The molecule has 7 heteroatoms. The third-order valence-corrected chi connectivity index (χ3v) is 1.90. The summed E-state index contributed by atoms with van der Waals surface area (Å²) in [5.41, 5.74) is -0.496. The summed E-state index contributed by atoms with van der Waals surface area (Å²) in [6, 6.07) is 3.44. The first-order valence-electron chi connectivity index (χ1n) is 4.09. The van der Waals surface area contributed by atoms with E-state index >= 15 is 0 Å². The Morgan fingerprint density at radius 1 is 1.47 bits per heavy atom. The molecule has 6 nitrogen and oxygen atoms in total. The van der Waals surface area contributed by atoms with E-state index in [2.05, 4.69) is 0 Å². The molecule has 0 saturated heterocycles. The van der Waals surface area contributed by atoms with Gasteiger partial charge in [-0.2, -0.15) is 0 Å². The molecule has 78 valence electrons. The van der Waals surface area contributed by atoms with Gasteiger partial charge in [0.1, 0.15) is 0 Å². The molecular weight excluding hydrogens is 201 g/mol. The molecule has 0 spiro atoms. The summed E-state index contributed by atoms with van der Waals surface area (Å²) in [4.78, 5) is 20.9. The molecular formula is C8H8BNO5. The van der Waals surface area contributed by atoms with Crippen LogP contribution in [0.5, 0.6) is 0 Å². The van der Waals surface area contributed by atoms with E-state index < -0.39 is 23.5 Å². The molecule has 0 radical (unpaired) electrons. The summed E-state index contributed by atoms with van der Waals surface area (Å²) in [5.74, 6) is -0.444. The van der Waals surface area contributed by atoms with Gasteiger partial charge in [-0.1, -0.05) is 6.07 Å². The Morgan fingerprint density at radius 2 is 2.07 bits per heavy atom. The van der Waals surface area contributed by atoms with Gasteiger partial charge in [0, 0.05) is 6.07 Å². The molecule has 1 aromatic carbocycles. The molecule has 0 aromatic heterocycles.